The van der Waals surface area contributed by atoms with Gasteiger partial charge in [0.25, 0.3) is 5.91 Å². The predicted octanol–water partition coefficient (Wildman–Crippen LogP) is 3.89. The normalized spacial score (nSPS) is 11.0. The summed E-state index contributed by atoms with van der Waals surface area (Å²) < 4.78 is 6.16. The maximum absolute atomic E-state index is 11.8. The summed E-state index contributed by atoms with van der Waals surface area (Å²) in [7, 11) is 1.62. The number of allylic oxidation sites excluding steroid dienone is 1. The lowest BCUT2D eigenvalue weighted by Crippen LogP contribution is -2.17. The zero-order valence-electron chi connectivity index (χ0n) is 12.0. The van der Waals surface area contributed by atoms with Crippen LogP contribution >= 0.6 is 15.9 Å². The Morgan fingerprint density at radius 3 is 2.64 bits per heavy atom. The van der Waals surface area contributed by atoms with Gasteiger partial charge in [-0.25, -0.2) is 5.43 Å². The Labute approximate surface area is 137 Å². The molecule has 0 bridgehead atoms. The van der Waals surface area contributed by atoms with Crippen LogP contribution in [-0.4, -0.2) is 19.2 Å². The predicted molar refractivity (Wildman–Crippen MR) is 92.1 cm³/mol. The molecule has 1 N–H and O–H groups in total. The van der Waals surface area contributed by atoms with E-state index in [9.17, 15) is 4.79 Å². The number of carbonyl (C=O) groups excluding carboxylic acids is 1. The number of nitrogens with one attached hydrogen (secondary N) is 1. The van der Waals surface area contributed by atoms with E-state index < -0.39 is 0 Å². The first-order chi connectivity index (χ1) is 10.7. The van der Waals surface area contributed by atoms with Gasteiger partial charge in [0.15, 0.2) is 0 Å². The maximum atomic E-state index is 11.8. The summed E-state index contributed by atoms with van der Waals surface area (Å²) in [5.41, 5.74) is 3.96. The van der Waals surface area contributed by atoms with E-state index in [0.29, 0.717) is 5.56 Å². The van der Waals surface area contributed by atoms with Gasteiger partial charge in [0.2, 0.25) is 0 Å². The molecule has 0 aliphatic rings. The Morgan fingerprint density at radius 1 is 1.18 bits per heavy atom. The summed E-state index contributed by atoms with van der Waals surface area (Å²) in [6, 6.07) is 14.7. The average molecular weight is 359 g/mol. The summed E-state index contributed by atoms with van der Waals surface area (Å²) in [6.07, 6.45) is 5.11. The highest BCUT2D eigenvalue weighted by atomic mass is 79.9. The molecule has 2 rings (SSSR count). The quantitative estimate of drug-likeness (QED) is 0.651. The minimum absolute atomic E-state index is 0.255. The van der Waals surface area contributed by atoms with Gasteiger partial charge < -0.3 is 4.74 Å². The van der Waals surface area contributed by atoms with Crippen molar-refractivity contribution in [3.05, 3.63) is 70.2 Å². The molecule has 0 radical (unpaired) electrons. The zero-order valence-corrected chi connectivity index (χ0v) is 13.6. The number of methoxy groups -OCH3 is 1. The molecular formula is C17H15BrN2O2. The fourth-order valence-electron chi connectivity index (χ4n) is 1.76. The Hall–Kier alpha value is -2.40. The van der Waals surface area contributed by atoms with E-state index >= 15 is 0 Å². The van der Waals surface area contributed by atoms with Gasteiger partial charge in [0.05, 0.1) is 7.11 Å². The monoisotopic (exact) mass is 358 g/mol. The molecule has 0 aliphatic carbocycles. The van der Waals surface area contributed by atoms with Crippen molar-refractivity contribution in [1.82, 2.24) is 5.43 Å². The summed E-state index contributed by atoms with van der Waals surface area (Å²) in [5, 5.41) is 3.88. The number of hydrogen-bond donors (Lipinski definition) is 1. The van der Waals surface area contributed by atoms with Gasteiger partial charge in [-0.1, -0.05) is 34.1 Å². The molecule has 0 unspecified atom stereocenters. The van der Waals surface area contributed by atoms with E-state index in [4.69, 9.17) is 4.74 Å². The van der Waals surface area contributed by atoms with E-state index in [0.717, 1.165) is 15.8 Å². The number of rotatable bonds is 5. The first-order valence-electron chi connectivity index (χ1n) is 6.59. The number of para-hydroxylation sites is 1. The highest BCUT2D eigenvalue weighted by Crippen LogP contribution is 2.18. The second-order valence-corrected chi connectivity index (χ2v) is 5.24. The van der Waals surface area contributed by atoms with Crippen LogP contribution in [0.3, 0.4) is 0 Å². The molecular weight excluding hydrogens is 344 g/mol. The van der Waals surface area contributed by atoms with Crippen molar-refractivity contribution in [3.8, 4) is 5.75 Å². The first-order valence-corrected chi connectivity index (χ1v) is 7.38. The number of halogens is 1. The first kappa shape index (κ1) is 16.0. The van der Waals surface area contributed by atoms with E-state index in [1.165, 1.54) is 6.21 Å². The maximum Gasteiger partial charge on any atom is 0.271 e. The van der Waals surface area contributed by atoms with Gasteiger partial charge in [-0.3, -0.25) is 4.79 Å². The molecule has 4 nitrogen and oxygen atoms in total. The van der Waals surface area contributed by atoms with Crippen LogP contribution in [0.1, 0.15) is 15.9 Å². The molecule has 0 fully saturated rings. The number of carbonyl (C=O) groups is 1. The van der Waals surface area contributed by atoms with Crippen LogP contribution < -0.4 is 10.2 Å². The topological polar surface area (TPSA) is 50.7 Å². The number of hydrazone groups is 1. The summed E-state index contributed by atoms with van der Waals surface area (Å²) in [4.78, 5) is 11.8. The van der Waals surface area contributed by atoms with Crippen LogP contribution in [0, 0.1) is 0 Å². The Morgan fingerprint density at radius 2 is 1.91 bits per heavy atom. The van der Waals surface area contributed by atoms with Gasteiger partial charge in [0.1, 0.15) is 5.75 Å². The van der Waals surface area contributed by atoms with E-state index in [1.54, 1.807) is 37.5 Å². The number of amides is 1. The molecule has 0 aromatic heterocycles. The van der Waals surface area contributed by atoms with Crippen LogP contribution in [-0.2, 0) is 0 Å². The van der Waals surface area contributed by atoms with Crippen LogP contribution in [0.4, 0.5) is 0 Å². The molecule has 2 aromatic rings. The van der Waals surface area contributed by atoms with E-state index in [2.05, 4.69) is 26.5 Å². The number of hydrogen-bond acceptors (Lipinski definition) is 3. The Balaban J connectivity index is 1.91. The van der Waals surface area contributed by atoms with Crippen LogP contribution in [0.5, 0.6) is 5.75 Å². The lowest BCUT2D eigenvalue weighted by molar-refractivity contribution is 0.0955. The Bertz CT molecular complexity index is 694. The van der Waals surface area contributed by atoms with Gasteiger partial charge in [0, 0.05) is 21.8 Å². The van der Waals surface area contributed by atoms with E-state index in [-0.39, 0.29) is 5.91 Å². The fraction of sp³-hybridized carbons (Fsp3) is 0.0588. The molecule has 0 spiro atoms. The number of nitrogens with zero attached hydrogens (tertiary/aromatic N) is 1. The zero-order chi connectivity index (χ0) is 15.8. The average Bonchev–Trinajstić information content (AvgIpc) is 2.55. The molecule has 0 saturated heterocycles. The summed E-state index contributed by atoms with van der Waals surface area (Å²) >= 11 is 3.32. The minimum Gasteiger partial charge on any atom is -0.496 e. The van der Waals surface area contributed by atoms with Crippen LogP contribution in [0.25, 0.3) is 6.08 Å². The van der Waals surface area contributed by atoms with Gasteiger partial charge in [-0.05, 0) is 42.5 Å². The van der Waals surface area contributed by atoms with Crippen LogP contribution in [0.2, 0.25) is 0 Å². The van der Waals surface area contributed by atoms with Crippen molar-refractivity contribution in [2.45, 2.75) is 0 Å². The third kappa shape index (κ3) is 4.56. The molecule has 5 heteroatoms. The highest BCUT2D eigenvalue weighted by molar-refractivity contribution is 9.10. The van der Waals surface area contributed by atoms with Crippen molar-refractivity contribution < 1.29 is 9.53 Å². The van der Waals surface area contributed by atoms with Crippen molar-refractivity contribution in [2.24, 2.45) is 5.10 Å². The van der Waals surface area contributed by atoms with Crippen molar-refractivity contribution in [2.75, 3.05) is 7.11 Å². The van der Waals surface area contributed by atoms with Crippen molar-refractivity contribution in [3.63, 3.8) is 0 Å². The van der Waals surface area contributed by atoms with Gasteiger partial charge >= 0.3 is 0 Å². The van der Waals surface area contributed by atoms with Gasteiger partial charge in [-0.15, -0.1) is 0 Å². The number of ether oxygens (including phenoxy) is 1. The molecule has 0 heterocycles. The third-order valence-electron chi connectivity index (χ3n) is 2.85. The second kappa shape index (κ2) is 8.14. The van der Waals surface area contributed by atoms with E-state index in [1.807, 2.05) is 30.3 Å². The molecule has 0 aliphatic heterocycles. The Kier molecular flexibility index (Phi) is 5.91. The molecule has 0 saturated carbocycles. The summed E-state index contributed by atoms with van der Waals surface area (Å²) in [6.45, 7) is 0. The molecule has 0 atom stereocenters. The highest BCUT2D eigenvalue weighted by Gasteiger charge is 2.02. The smallest absolute Gasteiger partial charge is 0.271 e. The standard InChI is InChI=1S/C17H15BrN2O2/c1-22-16-7-3-2-5-13(16)6-4-12-19-20-17(21)14-8-10-15(18)11-9-14/h2-12H,1H3,(H,20,21). The lowest BCUT2D eigenvalue weighted by atomic mass is 10.2. The van der Waals surface area contributed by atoms with Crippen molar-refractivity contribution in [1.29, 1.82) is 0 Å². The summed E-state index contributed by atoms with van der Waals surface area (Å²) in [5.74, 6) is 0.528. The van der Waals surface area contributed by atoms with Gasteiger partial charge in [-0.2, -0.15) is 5.10 Å². The molecule has 2 aromatic carbocycles. The molecule has 1 amide bonds. The fourth-order valence-corrected chi connectivity index (χ4v) is 2.02. The van der Waals surface area contributed by atoms with Crippen LogP contribution in [0.15, 0.2) is 64.2 Å². The molecule has 22 heavy (non-hydrogen) atoms. The third-order valence-corrected chi connectivity index (χ3v) is 3.38. The SMILES string of the molecule is COc1ccccc1C=CC=NNC(=O)c1ccc(Br)cc1. The lowest BCUT2D eigenvalue weighted by Gasteiger charge is -2.02. The largest absolute Gasteiger partial charge is 0.496 e. The number of benzene rings is 2. The second-order valence-electron chi connectivity index (χ2n) is 4.33. The van der Waals surface area contributed by atoms with Crippen molar-refractivity contribution >= 4 is 34.1 Å². The molecule has 112 valence electrons. The minimum atomic E-state index is -0.255.